The van der Waals surface area contributed by atoms with E-state index in [9.17, 15) is 8.42 Å². The molecule has 1 aliphatic rings. The molecule has 0 bridgehead atoms. The molecule has 1 heterocycles. The fourth-order valence-electron chi connectivity index (χ4n) is 3.25. The van der Waals surface area contributed by atoms with Crippen LogP contribution in [0, 0.1) is 11.3 Å². The third-order valence-corrected chi connectivity index (χ3v) is 5.38. The largest absolute Gasteiger partial charge is 0.370 e. The Kier molecular flexibility index (Phi) is 5.45. The quantitative estimate of drug-likeness (QED) is 0.754. The van der Waals surface area contributed by atoms with Gasteiger partial charge < -0.3 is 5.32 Å². The highest BCUT2D eigenvalue weighted by atomic mass is 32.2. The molecular weight excluding hydrogens is 298 g/mol. The predicted molar refractivity (Wildman–Crippen MR) is 89.1 cm³/mol. The highest BCUT2D eigenvalue weighted by Crippen LogP contribution is 2.42. The van der Waals surface area contributed by atoms with Gasteiger partial charge in [-0.2, -0.15) is 0 Å². The molecule has 1 unspecified atom stereocenters. The van der Waals surface area contributed by atoms with Crippen LogP contribution in [-0.4, -0.2) is 19.9 Å². The van der Waals surface area contributed by atoms with Crippen molar-refractivity contribution < 1.29 is 8.42 Å². The van der Waals surface area contributed by atoms with Crippen molar-refractivity contribution in [3.8, 4) is 0 Å². The Bertz CT molecular complexity index is 582. The Morgan fingerprint density at radius 3 is 2.68 bits per heavy atom. The van der Waals surface area contributed by atoms with Gasteiger partial charge in [0, 0.05) is 12.7 Å². The summed E-state index contributed by atoms with van der Waals surface area (Å²) in [6.07, 6.45) is 9.02. The average molecular weight is 325 g/mol. The van der Waals surface area contributed by atoms with E-state index in [0.717, 1.165) is 18.9 Å². The maximum absolute atomic E-state index is 11.1. The molecule has 2 rings (SSSR count). The van der Waals surface area contributed by atoms with E-state index in [2.05, 4.69) is 24.1 Å². The highest BCUT2D eigenvalue weighted by Gasteiger charge is 2.30. The number of nitrogens with one attached hydrogen (secondary N) is 1. The Hall–Kier alpha value is -1.14. The molecule has 22 heavy (non-hydrogen) atoms. The number of rotatable bonds is 7. The van der Waals surface area contributed by atoms with Crippen LogP contribution in [0.1, 0.15) is 52.4 Å². The summed E-state index contributed by atoms with van der Waals surface area (Å²) in [5, 5.41) is 8.26. The Labute approximate surface area is 133 Å². The van der Waals surface area contributed by atoms with Gasteiger partial charge in [-0.1, -0.05) is 26.7 Å². The molecule has 0 radical (unpaired) electrons. The van der Waals surface area contributed by atoms with Gasteiger partial charge in [0.15, 0.2) is 0 Å². The summed E-state index contributed by atoms with van der Waals surface area (Å²) in [7, 11) is -3.66. The number of pyridine rings is 1. The molecule has 1 aromatic heterocycles. The maximum atomic E-state index is 11.1. The molecule has 1 aromatic rings. The molecule has 1 aliphatic carbocycles. The average Bonchev–Trinajstić information content (AvgIpc) is 2.77. The van der Waals surface area contributed by atoms with Crippen molar-refractivity contribution in [1.82, 2.24) is 4.98 Å². The van der Waals surface area contributed by atoms with Crippen LogP contribution < -0.4 is 10.5 Å². The van der Waals surface area contributed by atoms with Crippen molar-refractivity contribution in [2.75, 3.05) is 11.9 Å². The van der Waals surface area contributed by atoms with Crippen molar-refractivity contribution >= 4 is 15.8 Å². The lowest BCUT2D eigenvalue weighted by Crippen LogP contribution is -2.12. The molecule has 0 aliphatic heterocycles. The van der Waals surface area contributed by atoms with Crippen LogP contribution >= 0.6 is 0 Å². The first-order valence-corrected chi connectivity index (χ1v) is 9.54. The number of anilines is 1. The number of aromatic nitrogens is 1. The topological polar surface area (TPSA) is 85.1 Å². The van der Waals surface area contributed by atoms with Crippen LogP contribution in [0.15, 0.2) is 23.2 Å². The van der Waals surface area contributed by atoms with Crippen LogP contribution in [0.4, 0.5) is 5.82 Å². The summed E-state index contributed by atoms with van der Waals surface area (Å²) in [6.45, 7) is 5.59. The van der Waals surface area contributed by atoms with E-state index in [1.54, 1.807) is 6.07 Å². The molecule has 1 saturated carbocycles. The molecular formula is C16H27N3O2S. The zero-order valence-electron chi connectivity index (χ0n) is 13.5. The number of sulfonamides is 1. The van der Waals surface area contributed by atoms with Gasteiger partial charge in [-0.3, -0.25) is 0 Å². The van der Waals surface area contributed by atoms with E-state index < -0.39 is 10.0 Å². The number of hydrogen-bond acceptors (Lipinski definition) is 4. The number of nitrogens with two attached hydrogens (primary N) is 1. The molecule has 5 nitrogen and oxygen atoms in total. The molecule has 0 amide bonds. The Morgan fingerprint density at radius 1 is 1.36 bits per heavy atom. The number of primary sulfonamides is 1. The van der Waals surface area contributed by atoms with E-state index >= 15 is 0 Å². The van der Waals surface area contributed by atoms with Crippen molar-refractivity contribution in [2.45, 2.75) is 57.3 Å². The molecule has 1 fully saturated rings. The SMILES string of the molecule is CC1(C)CCC(CCCCNc2ccc(S(N)(=O)=O)cn2)C1. The van der Waals surface area contributed by atoms with E-state index in [0.29, 0.717) is 11.2 Å². The first kappa shape index (κ1) is 17.2. The van der Waals surface area contributed by atoms with E-state index in [4.69, 9.17) is 5.14 Å². The smallest absolute Gasteiger partial charge is 0.239 e. The lowest BCUT2D eigenvalue weighted by atomic mass is 9.89. The van der Waals surface area contributed by atoms with Crippen molar-refractivity contribution in [3.05, 3.63) is 18.3 Å². The Morgan fingerprint density at radius 2 is 2.14 bits per heavy atom. The fourth-order valence-corrected chi connectivity index (χ4v) is 3.71. The third kappa shape index (κ3) is 5.25. The third-order valence-electron chi connectivity index (χ3n) is 4.48. The van der Waals surface area contributed by atoms with Crippen LogP contribution in [0.3, 0.4) is 0 Å². The normalized spacial score (nSPS) is 21.0. The standard InChI is InChI=1S/C16H27N3O2S/c1-16(2)9-8-13(11-16)5-3-4-10-18-15-7-6-14(12-19-15)22(17,20)21/h6-7,12-13H,3-5,8-11H2,1-2H3,(H,18,19)(H2,17,20,21). The summed E-state index contributed by atoms with van der Waals surface area (Å²) in [5.41, 5.74) is 0.540. The summed E-state index contributed by atoms with van der Waals surface area (Å²) < 4.78 is 22.3. The Balaban J connectivity index is 1.65. The summed E-state index contributed by atoms with van der Waals surface area (Å²) in [6, 6.07) is 3.13. The second-order valence-electron chi connectivity index (χ2n) is 7.12. The molecule has 0 saturated heterocycles. The minimum atomic E-state index is -3.66. The van der Waals surface area contributed by atoms with Gasteiger partial charge in [-0.25, -0.2) is 18.5 Å². The van der Waals surface area contributed by atoms with E-state index in [-0.39, 0.29) is 4.90 Å². The first-order valence-electron chi connectivity index (χ1n) is 7.99. The monoisotopic (exact) mass is 325 g/mol. The summed E-state index contributed by atoms with van der Waals surface area (Å²) in [5.74, 6) is 1.58. The molecule has 1 atom stereocenters. The van der Waals surface area contributed by atoms with Crippen molar-refractivity contribution in [3.63, 3.8) is 0 Å². The molecule has 0 spiro atoms. The minimum absolute atomic E-state index is 0.0434. The number of nitrogens with zero attached hydrogens (tertiary/aromatic N) is 1. The van der Waals surface area contributed by atoms with Gasteiger partial charge in [0.1, 0.15) is 10.7 Å². The summed E-state index contributed by atoms with van der Waals surface area (Å²) >= 11 is 0. The highest BCUT2D eigenvalue weighted by molar-refractivity contribution is 7.89. The number of unbranched alkanes of at least 4 members (excludes halogenated alkanes) is 1. The maximum Gasteiger partial charge on any atom is 0.239 e. The lowest BCUT2D eigenvalue weighted by molar-refractivity contribution is 0.351. The molecule has 0 aromatic carbocycles. The van der Waals surface area contributed by atoms with Crippen molar-refractivity contribution in [2.24, 2.45) is 16.5 Å². The van der Waals surface area contributed by atoms with Gasteiger partial charge in [0.2, 0.25) is 10.0 Å². The molecule has 6 heteroatoms. The van der Waals surface area contributed by atoms with Gasteiger partial charge in [0.25, 0.3) is 0 Å². The zero-order valence-corrected chi connectivity index (χ0v) is 14.3. The number of hydrogen-bond donors (Lipinski definition) is 2. The molecule has 124 valence electrons. The van der Waals surface area contributed by atoms with Crippen LogP contribution in [-0.2, 0) is 10.0 Å². The lowest BCUT2D eigenvalue weighted by Gasteiger charge is -2.17. The zero-order chi connectivity index (χ0) is 16.2. The second kappa shape index (κ2) is 6.96. The van der Waals surface area contributed by atoms with Crippen LogP contribution in [0.25, 0.3) is 0 Å². The van der Waals surface area contributed by atoms with Gasteiger partial charge in [0.05, 0.1) is 0 Å². The van der Waals surface area contributed by atoms with Gasteiger partial charge in [-0.05, 0) is 49.1 Å². The van der Waals surface area contributed by atoms with Crippen LogP contribution in [0.5, 0.6) is 0 Å². The van der Waals surface area contributed by atoms with Crippen LogP contribution in [0.2, 0.25) is 0 Å². The summed E-state index contributed by atoms with van der Waals surface area (Å²) in [4.78, 5) is 4.11. The minimum Gasteiger partial charge on any atom is -0.370 e. The van der Waals surface area contributed by atoms with Crippen molar-refractivity contribution in [1.29, 1.82) is 0 Å². The van der Waals surface area contributed by atoms with Gasteiger partial charge >= 0.3 is 0 Å². The molecule has 3 N–H and O–H groups in total. The fraction of sp³-hybridized carbons (Fsp3) is 0.688. The predicted octanol–water partition coefficient (Wildman–Crippen LogP) is 3.14. The second-order valence-corrected chi connectivity index (χ2v) is 8.68. The van der Waals surface area contributed by atoms with E-state index in [1.165, 1.54) is 44.4 Å². The van der Waals surface area contributed by atoms with Gasteiger partial charge in [-0.15, -0.1) is 0 Å². The van der Waals surface area contributed by atoms with E-state index in [1.807, 2.05) is 0 Å². The first-order chi connectivity index (χ1) is 10.3.